The van der Waals surface area contributed by atoms with Gasteiger partial charge in [-0.25, -0.2) is 0 Å². The van der Waals surface area contributed by atoms with Gasteiger partial charge in [0.2, 0.25) is 0 Å². The smallest absolute Gasteiger partial charge is 0.142 e. The first kappa shape index (κ1) is 14.8. The molecule has 2 rings (SSSR count). The number of aryl methyl sites for hydroxylation is 1. The minimum atomic E-state index is 0.638. The SMILES string of the molecule is CCc1nnc(Sc2ccc(Cl)cc2)c(C#N)c1CC. The predicted octanol–water partition coefficient (Wildman–Crippen LogP) is 4.28. The lowest BCUT2D eigenvalue weighted by Gasteiger charge is -2.09. The molecule has 0 aliphatic carbocycles. The summed E-state index contributed by atoms with van der Waals surface area (Å²) in [6, 6.07) is 9.74. The molecular formula is C15H14ClN3S. The van der Waals surface area contributed by atoms with E-state index in [2.05, 4.69) is 16.3 Å². The maximum Gasteiger partial charge on any atom is 0.142 e. The van der Waals surface area contributed by atoms with Gasteiger partial charge in [-0.05, 0) is 42.7 Å². The number of nitriles is 1. The van der Waals surface area contributed by atoms with Gasteiger partial charge in [-0.1, -0.05) is 37.2 Å². The first-order chi connectivity index (χ1) is 9.69. The minimum Gasteiger partial charge on any atom is -0.192 e. The Morgan fingerprint density at radius 2 is 1.85 bits per heavy atom. The van der Waals surface area contributed by atoms with Crippen LogP contribution in [0.4, 0.5) is 0 Å². The van der Waals surface area contributed by atoms with E-state index in [1.54, 1.807) is 0 Å². The summed E-state index contributed by atoms with van der Waals surface area (Å²) >= 11 is 7.31. The Morgan fingerprint density at radius 3 is 2.40 bits per heavy atom. The molecule has 2 aromatic rings. The second kappa shape index (κ2) is 6.74. The fraction of sp³-hybridized carbons (Fsp3) is 0.267. The Bertz CT molecular complexity index is 647. The Balaban J connectivity index is 2.42. The molecule has 1 aromatic heterocycles. The Labute approximate surface area is 128 Å². The molecule has 0 atom stereocenters. The molecule has 5 heteroatoms. The fourth-order valence-corrected chi connectivity index (χ4v) is 2.93. The van der Waals surface area contributed by atoms with Gasteiger partial charge < -0.3 is 0 Å². The van der Waals surface area contributed by atoms with Crippen molar-refractivity contribution < 1.29 is 0 Å². The summed E-state index contributed by atoms with van der Waals surface area (Å²) in [6.07, 6.45) is 1.58. The van der Waals surface area contributed by atoms with Crippen LogP contribution in [-0.2, 0) is 12.8 Å². The van der Waals surface area contributed by atoms with Crippen LogP contribution < -0.4 is 0 Å². The molecule has 102 valence electrons. The van der Waals surface area contributed by atoms with Gasteiger partial charge in [0.05, 0.1) is 11.3 Å². The summed E-state index contributed by atoms with van der Waals surface area (Å²) in [5.41, 5.74) is 2.55. The molecule has 0 saturated carbocycles. The van der Waals surface area contributed by atoms with Crippen LogP contribution >= 0.6 is 23.4 Å². The highest BCUT2D eigenvalue weighted by atomic mass is 35.5. The molecule has 20 heavy (non-hydrogen) atoms. The molecule has 0 amide bonds. The third-order valence-corrected chi connectivity index (χ3v) is 4.19. The number of nitrogens with zero attached hydrogens (tertiary/aromatic N) is 3. The van der Waals surface area contributed by atoms with Crippen molar-refractivity contribution in [3.05, 3.63) is 46.1 Å². The number of hydrogen-bond acceptors (Lipinski definition) is 4. The lowest BCUT2D eigenvalue weighted by atomic mass is 10.1. The third kappa shape index (κ3) is 3.12. The van der Waals surface area contributed by atoms with Crippen LogP contribution in [0.3, 0.4) is 0 Å². The lowest BCUT2D eigenvalue weighted by Crippen LogP contribution is -2.04. The van der Waals surface area contributed by atoms with Crippen molar-refractivity contribution in [1.29, 1.82) is 5.26 Å². The highest BCUT2D eigenvalue weighted by molar-refractivity contribution is 7.99. The molecule has 0 N–H and O–H groups in total. The lowest BCUT2D eigenvalue weighted by molar-refractivity contribution is 0.818. The van der Waals surface area contributed by atoms with Gasteiger partial charge in [0.15, 0.2) is 0 Å². The zero-order valence-corrected chi connectivity index (χ0v) is 12.9. The summed E-state index contributed by atoms with van der Waals surface area (Å²) in [5.74, 6) is 0. The van der Waals surface area contributed by atoms with Gasteiger partial charge in [0, 0.05) is 9.92 Å². The number of hydrogen-bond donors (Lipinski definition) is 0. The molecule has 0 unspecified atom stereocenters. The molecule has 0 aliphatic rings. The minimum absolute atomic E-state index is 0.638. The zero-order chi connectivity index (χ0) is 14.5. The quantitative estimate of drug-likeness (QED) is 0.846. The van der Waals surface area contributed by atoms with Crippen LogP contribution in [-0.4, -0.2) is 10.2 Å². The average Bonchev–Trinajstić information content (AvgIpc) is 2.48. The van der Waals surface area contributed by atoms with Crippen molar-refractivity contribution in [2.75, 3.05) is 0 Å². The van der Waals surface area contributed by atoms with Crippen molar-refractivity contribution in [3.8, 4) is 6.07 Å². The molecule has 0 fully saturated rings. The van der Waals surface area contributed by atoms with Crippen LogP contribution in [0.2, 0.25) is 5.02 Å². The van der Waals surface area contributed by atoms with Crippen LogP contribution in [0.25, 0.3) is 0 Å². The van der Waals surface area contributed by atoms with Gasteiger partial charge >= 0.3 is 0 Å². The fourth-order valence-electron chi connectivity index (χ4n) is 1.96. The van der Waals surface area contributed by atoms with E-state index in [0.717, 1.165) is 29.0 Å². The van der Waals surface area contributed by atoms with Crippen LogP contribution in [0.15, 0.2) is 34.2 Å². The number of aromatic nitrogens is 2. The first-order valence-electron chi connectivity index (χ1n) is 6.41. The number of rotatable bonds is 4. The second-order valence-corrected chi connectivity index (χ2v) is 5.68. The summed E-state index contributed by atoms with van der Waals surface area (Å²) in [4.78, 5) is 0.992. The van der Waals surface area contributed by atoms with Crippen molar-refractivity contribution in [2.45, 2.75) is 36.6 Å². The maximum atomic E-state index is 9.42. The third-order valence-electron chi connectivity index (χ3n) is 2.95. The molecule has 0 radical (unpaired) electrons. The number of halogens is 1. The zero-order valence-electron chi connectivity index (χ0n) is 11.4. The average molecular weight is 304 g/mol. The molecule has 1 aromatic carbocycles. The molecule has 0 bridgehead atoms. The van der Waals surface area contributed by atoms with Crippen LogP contribution in [0.1, 0.15) is 30.7 Å². The monoisotopic (exact) mass is 303 g/mol. The normalized spacial score (nSPS) is 10.3. The van der Waals surface area contributed by atoms with E-state index in [1.165, 1.54) is 11.8 Å². The van der Waals surface area contributed by atoms with E-state index in [4.69, 9.17) is 11.6 Å². The largest absolute Gasteiger partial charge is 0.192 e. The van der Waals surface area contributed by atoms with E-state index in [0.29, 0.717) is 15.6 Å². The van der Waals surface area contributed by atoms with Crippen LogP contribution in [0.5, 0.6) is 0 Å². The summed E-state index contributed by atoms with van der Waals surface area (Å²) in [7, 11) is 0. The summed E-state index contributed by atoms with van der Waals surface area (Å²) in [6.45, 7) is 4.06. The maximum absolute atomic E-state index is 9.42. The van der Waals surface area contributed by atoms with Gasteiger partial charge in [-0.15, -0.1) is 5.10 Å². The summed E-state index contributed by atoms with van der Waals surface area (Å²) < 4.78 is 0. The van der Waals surface area contributed by atoms with Gasteiger partial charge in [0.25, 0.3) is 0 Å². The molecular weight excluding hydrogens is 290 g/mol. The Hall–Kier alpha value is -1.57. The molecule has 0 saturated heterocycles. The topological polar surface area (TPSA) is 49.6 Å². The van der Waals surface area contributed by atoms with Crippen molar-refractivity contribution in [2.24, 2.45) is 0 Å². The predicted molar refractivity (Wildman–Crippen MR) is 81.1 cm³/mol. The standard InChI is InChI=1S/C15H14ClN3S/c1-3-12-13(9-17)15(19-18-14(12)4-2)20-11-7-5-10(16)6-8-11/h5-8H,3-4H2,1-2H3. The van der Waals surface area contributed by atoms with Crippen LogP contribution in [0, 0.1) is 11.3 Å². The van der Waals surface area contributed by atoms with Crippen molar-refractivity contribution in [1.82, 2.24) is 10.2 Å². The van der Waals surface area contributed by atoms with E-state index in [-0.39, 0.29) is 0 Å². The van der Waals surface area contributed by atoms with Gasteiger partial charge in [-0.3, -0.25) is 0 Å². The molecule has 3 nitrogen and oxygen atoms in total. The molecule has 0 aliphatic heterocycles. The highest BCUT2D eigenvalue weighted by Gasteiger charge is 2.15. The Kier molecular flexibility index (Phi) is 4.99. The summed E-state index contributed by atoms with van der Waals surface area (Å²) in [5, 5.41) is 19.2. The van der Waals surface area contributed by atoms with E-state index >= 15 is 0 Å². The highest BCUT2D eigenvalue weighted by Crippen LogP contribution is 2.31. The number of benzene rings is 1. The van der Waals surface area contributed by atoms with E-state index in [9.17, 15) is 5.26 Å². The Morgan fingerprint density at radius 1 is 1.15 bits per heavy atom. The molecule has 1 heterocycles. The molecule has 0 spiro atoms. The van der Waals surface area contributed by atoms with Gasteiger partial charge in [0.1, 0.15) is 11.1 Å². The van der Waals surface area contributed by atoms with Crippen molar-refractivity contribution >= 4 is 23.4 Å². The second-order valence-electron chi connectivity index (χ2n) is 4.18. The van der Waals surface area contributed by atoms with Gasteiger partial charge in [-0.2, -0.15) is 10.4 Å². The van der Waals surface area contributed by atoms with Crippen molar-refractivity contribution in [3.63, 3.8) is 0 Å². The van der Waals surface area contributed by atoms with E-state index in [1.807, 2.05) is 38.1 Å². The first-order valence-corrected chi connectivity index (χ1v) is 7.61. The van der Waals surface area contributed by atoms with E-state index < -0.39 is 0 Å².